The molecule has 0 unspecified atom stereocenters. The molecule has 20 heavy (non-hydrogen) atoms. The van der Waals surface area contributed by atoms with Gasteiger partial charge in [-0.2, -0.15) is 0 Å². The highest BCUT2D eigenvalue weighted by atomic mass is 19.1. The van der Waals surface area contributed by atoms with Gasteiger partial charge in [0, 0.05) is 11.8 Å². The van der Waals surface area contributed by atoms with Gasteiger partial charge in [0.05, 0.1) is 16.8 Å². The highest BCUT2D eigenvalue weighted by molar-refractivity contribution is 6.34. The number of nitrogens with zero attached hydrogens (tertiary/aromatic N) is 1. The molecule has 0 saturated carbocycles. The quantitative estimate of drug-likeness (QED) is 0.641. The standard InChI is InChI=1S/C14H8F2N2O2/c15-7-3-8(16)5-10(4-7)18-13(19)11-2-1-9(17)6-12(11)14(18)20/h1-6H,17H2. The summed E-state index contributed by atoms with van der Waals surface area (Å²) >= 11 is 0. The van der Waals surface area contributed by atoms with Gasteiger partial charge in [-0.3, -0.25) is 9.59 Å². The van der Waals surface area contributed by atoms with Crippen molar-refractivity contribution in [2.75, 3.05) is 10.6 Å². The van der Waals surface area contributed by atoms with E-state index in [1.807, 2.05) is 0 Å². The first-order valence-corrected chi connectivity index (χ1v) is 5.72. The second kappa shape index (κ2) is 4.12. The van der Waals surface area contributed by atoms with Gasteiger partial charge in [0.25, 0.3) is 11.8 Å². The van der Waals surface area contributed by atoms with Gasteiger partial charge in [-0.15, -0.1) is 0 Å². The predicted octanol–water partition coefficient (Wildman–Crippen LogP) is 2.35. The van der Waals surface area contributed by atoms with E-state index in [9.17, 15) is 18.4 Å². The zero-order chi connectivity index (χ0) is 14.4. The van der Waals surface area contributed by atoms with Crippen molar-refractivity contribution in [2.24, 2.45) is 0 Å². The van der Waals surface area contributed by atoms with E-state index in [1.165, 1.54) is 18.2 Å². The van der Waals surface area contributed by atoms with Crippen LogP contribution in [0.4, 0.5) is 20.2 Å². The van der Waals surface area contributed by atoms with Crippen molar-refractivity contribution in [1.82, 2.24) is 0 Å². The lowest BCUT2D eigenvalue weighted by Crippen LogP contribution is -2.29. The summed E-state index contributed by atoms with van der Waals surface area (Å²) in [5, 5.41) is 0. The van der Waals surface area contributed by atoms with Gasteiger partial charge in [0.15, 0.2) is 0 Å². The Morgan fingerprint density at radius 2 is 1.45 bits per heavy atom. The van der Waals surface area contributed by atoms with Gasteiger partial charge in [-0.25, -0.2) is 13.7 Å². The van der Waals surface area contributed by atoms with Crippen LogP contribution in [0.5, 0.6) is 0 Å². The fraction of sp³-hybridized carbons (Fsp3) is 0. The van der Waals surface area contributed by atoms with Crippen LogP contribution < -0.4 is 10.6 Å². The summed E-state index contributed by atoms with van der Waals surface area (Å²) in [6.07, 6.45) is 0. The van der Waals surface area contributed by atoms with Crippen LogP contribution in [0.15, 0.2) is 36.4 Å². The summed E-state index contributed by atoms with van der Waals surface area (Å²) < 4.78 is 26.4. The number of nitrogen functional groups attached to an aromatic ring is 1. The molecule has 0 aromatic heterocycles. The highest BCUT2D eigenvalue weighted by Gasteiger charge is 2.37. The van der Waals surface area contributed by atoms with E-state index in [-0.39, 0.29) is 16.8 Å². The summed E-state index contributed by atoms with van der Waals surface area (Å²) in [7, 11) is 0. The lowest BCUT2D eigenvalue weighted by atomic mass is 10.1. The number of nitrogens with two attached hydrogens (primary N) is 1. The Morgan fingerprint density at radius 1 is 0.850 bits per heavy atom. The fourth-order valence-corrected chi connectivity index (χ4v) is 2.16. The molecule has 3 rings (SSSR count). The topological polar surface area (TPSA) is 63.4 Å². The van der Waals surface area contributed by atoms with Crippen molar-refractivity contribution in [3.8, 4) is 0 Å². The molecule has 0 atom stereocenters. The molecule has 0 aliphatic carbocycles. The molecule has 1 aliphatic heterocycles. The van der Waals surface area contributed by atoms with Crippen molar-refractivity contribution >= 4 is 23.2 Å². The molecule has 0 saturated heterocycles. The Morgan fingerprint density at radius 3 is 2.10 bits per heavy atom. The first-order chi connectivity index (χ1) is 9.47. The van der Waals surface area contributed by atoms with Gasteiger partial charge >= 0.3 is 0 Å². The van der Waals surface area contributed by atoms with E-state index in [2.05, 4.69) is 0 Å². The smallest absolute Gasteiger partial charge is 0.266 e. The number of amides is 2. The second-order valence-corrected chi connectivity index (χ2v) is 4.38. The molecule has 0 spiro atoms. The minimum absolute atomic E-state index is 0.125. The number of carbonyl (C=O) groups is 2. The van der Waals surface area contributed by atoms with Crippen molar-refractivity contribution in [2.45, 2.75) is 0 Å². The molecule has 6 heteroatoms. The zero-order valence-corrected chi connectivity index (χ0v) is 10.1. The van der Waals surface area contributed by atoms with Gasteiger partial charge < -0.3 is 5.73 Å². The number of rotatable bonds is 1. The molecule has 100 valence electrons. The van der Waals surface area contributed by atoms with Crippen LogP contribution in [0.3, 0.4) is 0 Å². The van der Waals surface area contributed by atoms with Crippen molar-refractivity contribution < 1.29 is 18.4 Å². The van der Waals surface area contributed by atoms with E-state index >= 15 is 0 Å². The predicted molar refractivity (Wildman–Crippen MR) is 68.4 cm³/mol. The first kappa shape index (κ1) is 12.3. The van der Waals surface area contributed by atoms with E-state index in [0.717, 1.165) is 17.0 Å². The van der Waals surface area contributed by atoms with Gasteiger partial charge in [-0.05, 0) is 30.3 Å². The molecule has 2 aromatic carbocycles. The molecule has 0 fully saturated rings. The SMILES string of the molecule is Nc1ccc2c(c1)C(=O)N(c1cc(F)cc(F)c1)C2=O. The average molecular weight is 274 g/mol. The monoisotopic (exact) mass is 274 g/mol. The third-order valence-electron chi connectivity index (χ3n) is 3.02. The van der Waals surface area contributed by atoms with Crippen LogP contribution in [0, 0.1) is 11.6 Å². The van der Waals surface area contributed by atoms with E-state index in [0.29, 0.717) is 11.8 Å². The Labute approximate surface area is 112 Å². The molecular weight excluding hydrogens is 266 g/mol. The molecule has 2 N–H and O–H groups in total. The molecule has 2 amide bonds. The third kappa shape index (κ3) is 1.73. The maximum Gasteiger partial charge on any atom is 0.266 e. The van der Waals surface area contributed by atoms with Gasteiger partial charge in [-0.1, -0.05) is 0 Å². The molecule has 0 bridgehead atoms. The van der Waals surface area contributed by atoms with Crippen LogP contribution in [-0.4, -0.2) is 11.8 Å². The van der Waals surface area contributed by atoms with E-state index in [1.54, 1.807) is 0 Å². The van der Waals surface area contributed by atoms with Crippen LogP contribution in [0.2, 0.25) is 0 Å². The minimum Gasteiger partial charge on any atom is -0.399 e. The summed E-state index contributed by atoms with van der Waals surface area (Å²) in [6.45, 7) is 0. The number of hydrogen-bond acceptors (Lipinski definition) is 3. The van der Waals surface area contributed by atoms with E-state index in [4.69, 9.17) is 5.73 Å². The third-order valence-corrected chi connectivity index (χ3v) is 3.02. The Kier molecular flexibility index (Phi) is 2.53. The molecular formula is C14H8F2N2O2. The first-order valence-electron chi connectivity index (χ1n) is 5.72. The Hall–Kier alpha value is -2.76. The van der Waals surface area contributed by atoms with Crippen LogP contribution >= 0.6 is 0 Å². The van der Waals surface area contributed by atoms with Crippen LogP contribution in [0.1, 0.15) is 20.7 Å². The number of fused-ring (bicyclic) bond motifs is 1. The Balaban J connectivity index is 2.14. The average Bonchev–Trinajstić information content (AvgIpc) is 2.60. The summed E-state index contributed by atoms with van der Waals surface area (Å²) in [5.74, 6) is -3.01. The normalized spacial score (nSPS) is 13.8. The molecule has 4 nitrogen and oxygen atoms in total. The Bertz CT molecular complexity index is 739. The summed E-state index contributed by atoms with van der Waals surface area (Å²) in [5.41, 5.74) is 6.04. The lowest BCUT2D eigenvalue weighted by molar-refractivity contribution is 0.0926. The van der Waals surface area contributed by atoms with E-state index < -0.39 is 23.4 Å². The largest absolute Gasteiger partial charge is 0.399 e. The zero-order valence-electron chi connectivity index (χ0n) is 10.1. The van der Waals surface area contributed by atoms with Crippen LogP contribution in [0.25, 0.3) is 0 Å². The molecule has 2 aromatic rings. The van der Waals surface area contributed by atoms with Crippen molar-refractivity contribution in [1.29, 1.82) is 0 Å². The number of benzene rings is 2. The maximum absolute atomic E-state index is 13.2. The van der Waals surface area contributed by atoms with Gasteiger partial charge in [0.1, 0.15) is 11.6 Å². The lowest BCUT2D eigenvalue weighted by Gasteiger charge is -2.13. The number of hydrogen-bond donors (Lipinski definition) is 1. The number of imide groups is 1. The fourth-order valence-electron chi connectivity index (χ4n) is 2.16. The van der Waals surface area contributed by atoms with Crippen LogP contribution in [-0.2, 0) is 0 Å². The molecule has 0 radical (unpaired) electrons. The van der Waals surface area contributed by atoms with Crippen molar-refractivity contribution in [3.63, 3.8) is 0 Å². The van der Waals surface area contributed by atoms with Crippen molar-refractivity contribution in [3.05, 3.63) is 59.2 Å². The number of carbonyl (C=O) groups excluding carboxylic acids is 2. The summed E-state index contributed by atoms with van der Waals surface area (Å²) in [6, 6.07) is 6.79. The summed E-state index contributed by atoms with van der Waals surface area (Å²) in [4.78, 5) is 25.1. The maximum atomic E-state index is 13.2. The van der Waals surface area contributed by atoms with Gasteiger partial charge in [0.2, 0.25) is 0 Å². The molecule has 1 aliphatic rings. The molecule has 1 heterocycles. The highest BCUT2D eigenvalue weighted by Crippen LogP contribution is 2.30. The minimum atomic E-state index is -0.865. The second-order valence-electron chi connectivity index (χ2n) is 4.38. The number of halogens is 2. The number of anilines is 2.